The lowest BCUT2D eigenvalue weighted by Crippen LogP contribution is -2.20. The van der Waals surface area contributed by atoms with Gasteiger partial charge in [0.05, 0.1) is 36.4 Å². The predicted octanol–water partition coefficient (Wildman–Crippen LogP) is 1.10. The summed E-state index contributed by atoms with van der Waals surface area (Å²) in [4.78, 5) is 4.04. The van der Waals surface area contributed by atoms with Gasteiger partial charge < -0.3 is 9.47 Å². The van der Waals surface area contributed by atoms with Gasteiger partial charge in [-0.05, 0) is 0 Å². The molecule has 0 bridgehead atoms. The van der Waals surface area contributed by atoms with Crippen molar-refractivity contribution >= 4 is 22.0 Å². The third-order valence-electron chi connectivity index (χ3n) is 1.26. The highest BCUT2D eigenvalue weighted by Gasteiger charge is 2.12. The maximum atomic E-state index is 5.01. The zero-order valence-electron chi connectivity index (χ0n) is 6.37. The van der Waals surface area contributed by atoms with Crippen LogP contribution < -0.4 is 0 Å². The van der Waals surface area contributed by atoms with Gasteiger partial charge in [-0.25, -0.2) is 4.99 Å². The van der Waals surface area contributed by atoms with E-state index in [1.54, 1.807) is 24.2 Å². The molecule has 0 saturated heterocycles. The molecule has 0 N–H and O–H groups in total. The van der Waals surface area contributed by atoms with Crippen molar-refractivity contribution in [2.45, 2.75) is 0 Å². The average molecular weight is 221 g/mol. The van der Waals surface area contributed by atoms with Crippen LogP contribution in [0, 0.1) is 0 Å². The van der Waals surface area contributed by atoms with Crippen LogP contribution in [0.4, 0.5) is 0 Å². The number of methoxy groups -OCH3 is 2. The molecule has 0 aliphatic carbocycles. The molecule has 0 aromatic rings. The molecule has 0 fully saturated rings. The van der Waals surface area contributed by atoms with Crippen LogP contribution in [0.1, 0.15) is 0 Å². The van der Waals surface area contributed by atoms with Gasteiger partial charge >= 0.3 is 0 Å². The quantitative estimate of drug-likeness (QED) is 0.622. The van der Waals surface area contributed by atoms with E-state index in [2.05, 4.69) is 21.1 Å². The topological polar surface area (TPSA) is 34.1 Å². The minimum absolute atomic E-state index is 0.503. The van der Waals surface area contributed by atoms with Gasteiger partial charge in [0.25, 0.3) is 0 Å². The molecule has 0 aromatic carbocycles. The molecular weight excluding hydrogens is 212 g/mol. The summed E-state index contributed by atoms with van der Waals surface area (Å²) < 4.78 is 11.6. The molecule has 1 aliphatic heterocycles. The summed E-state index contributed by atoms with van der Waals surface area (Å²) in [5.41, 5.74) is 0. The molecule has 0 spiro atoms. The third kappa shape index (κ3) is 1.86. The van der Waals surface area contributed by atoms with Crippen molar-refractivity contribution in [3.8, 4) is 0 Å². The molecule has 0 amide bonds. The van der Waals surface area contributed by atoms with E-state index in [1.165, 1.54) is 0 Å². The summed E-state index contributed by atoms with van der Waals surface area (Å²) >= 11 is 3.25. The number of halogens is 1. The number of nitrogens with zero attached hydrogens (tertiary/aromatic N) is 2. The van der Waals surface area contributed by atoms with Gasteiger partial charge in [0, 0.05) is 0 Å². The Hall–Kier alpha value is -0.710. The predicted molar refractivity (Wildman–Crippen MR) is 45.2 cm³/mol. The van der Waals surface area contributed by atoms with Crippen LogP contribution in [0.15, 0.2) is 17.0 Å². The Morgan fingerprint density at radius 1 is 1.55 bits per heavy atom. The first-order valence-corrected chi connectivity index (χ1v) is 3.76. The first-order chi connectivity index (χ1) is 5.27. The van der Waals surface area contributed by atoms with Crippen molar-refractivity contribution in [3.63, 3.8) is 0 Å². The van der Waals surface area contributed by atoms with Crippen LogP contribution >= 0.6 is 16.1 Å². The van der Waals surface area contributed by atoms with E-state index in [-0.39, 0.29) is 0 Å². The molecule has 11 heavy (non-hydrogen) atoms. The Labute approximate surface area is 73.8 Å². The van der Waals surface area contributed by atoms with Crippen LogP contribution in [0.2, 0.25) is 0 Å². The second kappa shape index (κ2) is 3.61. The fourth-order valence-corrected chi connectivity index (χ4v) is 1.06. The van der Waals surface area contributed by atoms with E-state index in [0.29, 0.717) is 18.4 Å². The van der Waals surface area contributed by atoms with Gasteiger partial charge in [-0.1, -0.05) is 0 Å². The molecule has 5 heteroatoms. The van der Waals surface area contributed by atoms with Crippen LogP contribution in [0.3, 0.4) is 0 Å². The van der Waals surface area contributed by atoms with Gasteiger partial charge in [-0.15, -0.1) is 0 Å². The van der Waals surface area contributed by atoms with Crippen LogP contribution in [-0.2, 0) is 9.47 Å². The molecule has 0 atom stereocenters. The minimum atomic E-state index is 0.503. The number of hydrogen-bond acceptors (Lipinski definition) is 4. The van der Waals surface area contributed by atoms with Crippen LogP contribution in [-0.4, -0.2) is 30.7 Å². The number of ether oxygens (including phenoxy) is 2. The van der Waals surface area contributed by atoms with Crippen LogP contribution in [0.5, 0.6) is 0 Å². The van der Waals surface area contributed by atoms with Gasteiger partial charge in [0.15, 0.2) is 0 Å². The lowest BCUT2D eigenvalue weighted by atomic mass is 10.5. The minimum Gasteiger partial charge on any atom is -0.482 e. The lowest BCUT2D eigenvalue weighted by molar-refractivity contribution is 0.217. The monoisotopic (exact) mass is 220 g/mol. The fraction of sp³-hybridized carbons (Fsp3) is 0.500. The van der Waals surface area contributed by atoms with E-state index < -0.39 is 0 Å². The summed E-state index contributed by atoms with van der Waals surface area (Å²) in [6.45, 7) is 0.503. The molecule has 1 heterocycles. The second-order valence-corrected chi connectivity index (χ2v) is 2.75. The van der Waals surface area contributed by atoms with Crippen molar-refractivity contribution in [1.29, 1.82) is 0 Å². The Morgan fingerprint density at radius 3 is 2.82 bits per heavy atom. The Bertz CT molecular complexity index is 203. The van der Waals surface area contributed by atoms with Gasteiger partial charge in [-0.3, -0.25) is 3.93 Å². The standard InChI is InChI=1S/C6H9BrN2O2/c1-10-5-3-6(11-2)9(7)4-8-5/h3H,4H2,1-2H3. The first-order valence-electron chi connectivity index (χ1n) is 3.05. The maximum absolute atomic E-state index is 5.01. The smallest absolute Gasteiger partial charge is 0.215 e. The maximum Gasteiger partial charge on any atom is 0.215 e. The van der Waals surface area contributed by atoms with Crippen molar-refractivity contribution in [2.24, 2.45) is 4.99 Å². The Kier molecular flexibility index (Phi) is 2.76. The van der Waals surface area contributed by atoms with Crippen LogP contribution in [0.25, 0.3) is 0 Å². The van der Waals surface area contributed by atoms with E-state index in [9.17, 15) is 0 Å². The van der Waals surface area contributed by atoms with E-state index in [1.807, 2.05) is 0 Å². The molecule has 62 valence electrons. The molecule has 4 nitrogen and oxygen atoms in total. The number of hydrogen-bond donors (Lipinski definition) is 0. The largest absolute Gasteiger partial charge is 0.482 e. The third-order valence-corrected chi connectivity index (χ3v) is 1.83. The summed E-state index contributed by atoms with van der Waals surface area (Å²) in [6, 6.07) is 0. The SMILES string of the molecule is COC1=CC(OC)=NCN1Br. The number of rotatable bonds is 1. The zero-order chi connectivity index (χ0) is 8.27. The molecule has 0 aromatic heterocycles. The Morgan fingerprint density at radius 2 is 2.27 bits per heavy atom. The summed E-state index contributed by atoms with van der Waals surface area (Å²) in [7, 11) is 3.17. The number of aliphatic imine (C=N–C) groups is 1. The zero-order valence-corrected chi connectivity index (χ0v) is 7.96. The second-order valence-electron chi connectivity index (χ2n) is 1.89. The van der Waals surface area contributed by atoms with Crippen molar-refractivity contribution < 1.29 is 9.47 Å². The average Bonchev–Trinajstić information content (AvgIpc) is 2.05. The Balaban J connectivity index is 2.71. The van der Waals surface area contributed by atoms with Crippen molar-refractivity contribution in [3.05, 3.63) is 12.0 Å². The lowest BCUT2D eigenvalue weighted by Gasteiger charge is -2.19. The molecule has 1 rings (SSSR count). The van der Waals surface area contributed by atoms with Crippen molar-refractivity contribution in [1.82, 2.24) is 3.93 Å². The molecule has 0 unspecified atom stereocenters. The highest BCUT2D eigenvalue weighted by atomic mass is 79.9. The van der Waals surface area contributed by atoms with E-state index >= 15 is 0 Å². The summed E-state index contributed by atoms with van der Waals surface area (Å²) in [5.74, 6) is 1.27. The van der Waals surface area contributed by atoms with Gasteiger partial charge in [0.1, 0.15) is 6.67 Å². The van der Waals surface area contributed by atoms with E-state index in [4.69, 9.17) is 9.47 Å². The highest BCUT2D eigenvalue weighted by Crippen LogP contribution is 2.14. The highest BCUT2D eigenvalue weighted by molar-refractivity contribution is 9.07. The molecule has 0 saturated carbocycles. The summed E-state index contributed by atoms with van der Waals surface area (Å²) in [6.07, 6.45) is 1.71. The van der Waals surface area contributed by atoms with Gasteiger partial charge in [-0.2, -0.15) is 0 Å². The fourth-order valence-electron chi connectivity index (χ4n) is 0.704. The molecule has 0 radical (unpaired) electrons. The molecule has 1 aliphatic rings. The van der Waals surface area contributed by atoms with Gasteiger partial charge in [0.2, 0.25) is 11.8 Å². The first kappa shape index (κ1) is 8.39. The molecular formula is C6H9BrN2O2. The summed E-state index contributed by atoms with van der Waals surface area (Å²) in [5, 5.41) is 0. The normalized spacial score (nSPS) is 17.2. The van der Waals surface area contributed by atoms with Crippen molar-refractivity contribution in [2.75, 3.05) is 20.9 Å². The van der Waals surface area contributed by atoms with E-state index in [0.717, 1.165) is 0 Å².